The lowest BCUT2D eigenvalue weighted by molar-refractivity contribution is 0.0225. The first-order valence-electron chi connectivity index (χ1n) is 8.00. The molecule has 0 aromatic rings. The number of hydrogen-bond acceptors (Lipinski definition) is 3. The normalized spacial score (nSPS) is 23.8. The van der Waals surface area contributed by atoms with Gasteiger partial charge in [-0.1, -0.05) is 36.7 Å². The van der Waals surface area contributed by atoms with Crippen molar-refractivity contribution in [2.45, 2.75) is 83.8 Å². The number of ether oxygens (including phenoxy) is 1. The smallest absolute Gasteiger partial charge is 0.410 e. The molecule has 1 heterocycles. The van der Waals surface area contributed by atoms with Gasteiger partial charge in [-0.05, 0) is 45.3 Å². The number of likely N-dealkylation sites (tertiary alicyclic amines) is 1. The van der Waals surface area contributed by atoms with Crippen LogP contribution in [0.25, 0.3) is 0 Å². The molecule has 1 aliphatic rings. The van der Waals surface area contributed by atoms with Crippen molar-refractivity contribution in [1.29, 1.82) is 0 Å². The number of carbonyl (C=O) groups excluding carboxylic acids is 1. The zero-order chi connectivity index (χ0) is 17.3. The van der Waals surface area contributed by atoms with Crippen LogP contribution in [0.5, 0.6) is 0 Å². The minimum absolute atomic E-state index is 0.107. The molecule has 2 unspecified atom stereocenters. The summed E-state index contributed by atoms with van der Waals surface area (Å²) in [4.78, 5) is 14.2. The van der Waals surface area contributed by atoms with Gasteiger partial charge in [0.2, 0.25) is 0 Å². The van der Waals surface area contributed by atoms with E-state index in [4.69, 9.17) is 9.16 Å². The van der Waals surface area contributed by atoms with Crippen LogP contribution < -0.4 is 0 Å². The topological polar surface area (TPSA) is 38.8 Å². The summed E-state index contributed by atoms with van der Waals surface area (Å²) in [6.45, 7) is 17.5. The summed E-state index contributed by atoms with van der Waals surface area (Å²) in [5.74, 6) is 0. The fourth-order valence-corrected chi connectivity index (χ4v) is 4.21. The highest BCUT2D eigenvalue weighted by Gasteiger charge is 2.44. The van der Waals surface area contributed by atoms with Crippen LogP contribution in [-0.4, -0.2) is 48.9 Å². The number of rotatable bonds is 3. The Bertz CT molecular complexity index is 401. The highest BCUT2D eigenvalue weighted by molar-refractivity contribution is 9.09. The third kappa shape index (κ3) is 5.23. The van der Waals surface area contributed by atoms with E-state index in [2.05, 4.69) is 49.8 Å². The molecule has 1 saturated heterocycles. The molecule has 0 saturated carbocycles. The molecule has 2 atom stereocenters. The van der Waals surface area contributed by atoms with E-state index in [1.54, 1.807) is 0 Å². The average Bonchev–Trinajstić information content (AvgIpc) is 2.67. The molecular weight excluding hydrogens is 362 g/mol. The van der Waals surface area contributed by atoms with Crippen LogP contribution in [0.4, 0.5) is 4.79 Å². The Kier molecular flexibility index (Phi) is 6.18. The summed E-state index contributed by atoms with van der Waals surface area (Å²) in [6, 6.07) is 0.143. The SMILES string of the molecule is CC(C)(C)OC(=O)N1CC(O[Si](C)(C)C(C)(C)C)CC1CBr. The van der Waals surface area contributed by atoms with Gasteiger partial charge in [0.1, 0.15) is 5.60 Å². The first-order valence-corrected chi connectivity index (χ1v) is 12.0. The molecule has 0 aromatic carbocycles. The van der Waals surface area contributed by atoms with E-state index in [9.17, 15) is 4.79 Å². The fourth-order valence-electron chi connectivity index (χ4n) is 2.24. The monoisotopic (exact) mass is 393 g/mol. The molecule has 0 N–H and O–H groups in total. The third-order valence-corrected chi connectivity index (χ3v) is 9.73. The summed E-state index contributed by atoms with van der Waals surface area (Å²) in [6.07, 6.45) is 0.742. The van der Waals surface area contributed by atoms with E-state index in [0.717, 1.165) is 11.8 Å². The predicted molar refractivity (Wildman–Crippen MR) is 97.2 cm³/mol. The Labute approximate surface area is 145 Å². The number of carbonyl (C=O) groups is 1. The minimum Gasteiger partial charge on any atom is -0.444 e. The molecule has 0 spiro atoms. The number of nitrogens with zero attached hydrogens (tertiary/aromatic N) is 1. The van der Waals surface area contributed by atoms with E-state index in [0.29, 0.717) is 6.54 Å². The second-order valence-electron chi connectivity index (χ2n) is 8.68. The van der Waals surface area contributed by atoms with Crippen molar-refractivity contribution in [2.24, 2.45) is 0 Å². The van der Waals surface area contributed by atoms with Crippen molar-refractivity contribution < 1.29 is 14.0 Å². The van der Waals surface area contributed by atoms with Gasteiger partial charge in [-0.25, -0.2) is 4.79 Å². The Morgan fingerprint density at radius 1 is 1.23 bits per heavy atom. The summed E-state index contributed by atoms with van der Waals surface area (Å²) in [5.41, 5.74) is -0.466. The summed E-state index contributed by atoms with van der Waals surface area (Å²) >= 11 is 3.52. The molecule has 0 aliphatic carbocycles. The Morgan fingerprint density at radius 3 is 2.18 bits per heavy atom. The highest BCUT2D eigenvalue weighted by atomic mass is 79.9. The van der Waals surface area contributed by atoms with Crippen LogP contribution >= 0.6 is 15.9 Å². The second-order valence-corrected chi connectivity index (χ2v) is 14.1. The van der Waals surface area contributed by atoms with Gasteiger partial charge in [0, 0.05) is 17.9 Å². The maximum absolute atomic E-state index is 12.4. The molecule has 4 nitrogen and oxygen atoms in total. The minimum atomic E-state index is -1.82. The molecule has 22 heavy (non-hydrogen) atoms. The van der Waals surface area contributed by atoms with Crippen LogP contribution in [0, 0.1) is 0 Å². The van der Waals surface area contributed by atoms with Crippen molar-refractivity contribution in [2.75, 3.05) is 11.9 Å². The Hall–Kier alpha value is -0.0731. The van der Waals surface area contributed by atoms with Gasteiger partial charge >= 0.3 is 6.09 Å². The largest absolute Gasteiger partial charge is 0.444 e. The van der Waals surface area contributed by atoms with Crippen molar-refractivity contribution in [3.8, 4) is 0 Å². The van der Waals surface area contributed by atoms with Crippen molar-refractivity contribution in [3.63, 3.8) is 0 Å². The molecule has 0 radical (unpaired) electrons. The van der Waals surface area contributed by atoms with E-state index >= 15 is 0 Å². The lowest BCUT2D eigenvalue weighted by Crippen LogP contribution is -2.45. The molecule has 0 bridgehead atoms. The number of amides is 1. The van der Waals surface area contributed by atoms with Crippen LogP contribution in [0.2, 0.25) is 18.1 Å². The summed E-state index contributed by atoms with van der Waals surface area (Å²) < 4.78 is 12.0. The lowest BCUT2D eigenvalue weighted by Gasteiger charge is -2.38. The lowest BCUT2D eigenvalue weighted by atomic mass is 10.2. The predicted octanol–water partition coefficient (Wildman–Crippen LogP) is 4.78. The standard InChI is InChI=1S/C16H32BrNO3Si/c1-15(2,3)20-14(19)18-11-13(9-12(18)10-17)21-22(7,8)16(4,5)6/h12-13H,9-11H2,1-8H3. The van der Waals surface area contributed by atoms with Crippen molar-refractivity contribution in [1.82, 2.24) is 4.90 Å². The van der Waals surface area contributed by atoms with Crippen molar-refractivity contribution in [3.05, 3.63) is 0 Å². The first-order chi connectivity index (χ1) is 9.77. The molecule has 1 fully saturated rings. The van der Waals surface area contributed by atoms with E-state index in [1.165, 1.54) is 0 Å². The number of hydrogen-bond donors (Lipinski definition) is 0. The van der Waals surface area contributed by atoms with Gasteiger partial charge in [-0.2, -0.15) is 0 Å². The number of halogens is 1. The molecule has 130 valence electrons. The summed E-state index contributed by atoms with van der Waals surface area (Å²) in [7, 11) is -1.82. The quantitative estimate of drug-likeness (QED) is 0.511. The van der Waals surface area contributed by atoms with Gasteiger partial charge in [0.05, 0.1) is 6.10 Å². The maximum atomic E-state index is 12.4. The van der Waals surface area contributed by atoms with Crippen LogP contribution in [-0.2, 0) is 9.16 Å². The maximum Gasteiger partial charge on any atom is 0.410 e. The average molecular weight is 394 g/mol. The summed E-state index contributed by atoms with van der Waals surface area (Å²) in [5, 5.41) is 0.930. The molecule has 0 aromatic heterocycles. The first kappa shape index (κ1) is 20.0. The Morgan fingerprint density at radius 2 is 1.77 bits per heavy atom. The van der Waals surface area contributed by atoms with Crippen LogP contribution in [0.1, 0.15) is 48.0 Å². The van der Waals surface area contributed by atoms with Gasteiger partial charge in [0.25, 0.3) is 0 Å². The number of alkyl halides is 1. The van der Waals surface area contributed by atoms with Crippen molar-refractivity contribution >= 4 is 30.3 Å². The fraction of sp³-hybridized carbons (Fsp3) is 0.938. The van der Waals surface area contributed by atoms with Gasteiger partial charge in [-0.15, -0.1) is 0 Å². The van der Waals surface area contributed by atoms with Gasteiger partial charge < -0.3 is 14.1 Å². The van der Waals surface area contributed by atoms with Gasteiger partial charge in [0.15, 0.2) is 8.32 Å². The van der Waals surface area contributed by atoms with E-state index < -0.39 is 13.9 Å². The van der Waals surface area contributed by atoms with Crippen LogP contribution in [0.3, 0.4) is 0 Å². The second kappa shape index (κ2) is 6.81. The Balaban J connectivity index is 2.75. The van der Waals surface area contributed by atoms with Crippen LogP contribution in [0.15, 0.2) is 0 Å². The molecular formula is C16H32BrNO3Si. The zero-order valence-corrected chi connectivity index (χ0v) is 17.9. The third-order valence-electron chi connectivity index (χ3n) is 4.45. The molecule has 1 rings (SSSR count). The van der Waals surface area contributed by atoms with Gasteiger partial charge in [-0.3, -0.25) is 0 Å². The van der Waals surface area contributed by atoms with E-state index in [1.807, 2.05) is 25.7 Å². The zero-order valence-electron chi connectivity index (χ0n) is 15.3. The molecule has 6 heteroatoms. The van der Waals surface area contributed by atoms with E-state index in [-0.39, 0.29) is 23.3 Å². The molecule has 1 aliphatic heterocycles. The highest BCUT2D eigenvalue weighted by Crippen LogP contribution is 2.39. The molecule has 1 amide bonds.